The lowest BCUT2D eigenvalue weighted by atomic mass is 9.95. The first-order chi connectivity index (χ1) is 16.4. The van der Waals surface area contributed by atoms with Crippen LogP contribution in [-0.4, -0.2) is 36.6 Å². The van der Waals surface area contributed by atoms with Crippen molar-refractivity contribution in [1.29, 1.82) is 0 Å². The van der Waals surface area contributed by atoms with E-state index in [2.05, 4.69) is 9.97 Å². The van der Waals surface area contributed by atoms with Crippen molar-refractivity contribution in [2.45, 2.75) is 52.1 Å². The average molecular weight is 460 g/mol. The smallest absolute Gasteiger partial charge is 0.275 e. The molecule has 1 aliphatic carbocycles. The molecule has 0 atom stereocenters. The Labute approximate surface area is 196 Å². The van der Waals surface area contributed by atoms with Crippen molar-refractivity contribution in [3.63, 3.8) is 0 Å². The number of nitrogens with zero attached hydrogens (tertiary/aromatic N) is 4. The van der Waals surface area contributed by atoms with Crippen molar-refractivity contribution in [2.24, 2.45) is 0 Å². The van der Waals surface area contributed by atoms with E-state index in [1.165, 1.54) is 12.1 Å². The highest BCUT2D eigenvalue weighted by Gasteiger charge is 2.30. The second-order valence-electron chi connectivity index (χ2n) is 8.93. The van der Waals surface area contributed by atoms with Crippen molar-refractivity contribution in [2.75, 3.05) is 0 Å². The van der Waals surface area contributed by atoms with Gasteiger partial charge in [0.2, 0.25) is 0 Å². The maximum Gasteiger partial charge on any atom is 0.275 e. The zero-order valence-corrected chi connectivity index (χ0v) is 19.2. The lowest BCUT2D eigenvalue weighted by Gasteiger charge is -2.26. The van der Waals surface area contributed by atoms with Gasteiger partial charge in [-0.05, 0) is 75.9 Å². The third kappa shape index (κ3) is 4.00. The van der Waals surface area contributed by atoms with E-state index in [1.807, 2.05) is 19.9 Å². The second kappa shape index (κ2) is 8.85. The number of rotatable bonds is 5. The molecule has 4 aromatic rings. The third-order valence-corrected chi connectivity index (χ3v) is 6.32. The fraction of sp³-hybridized carbons (Fsp3) is 0.308. The molecule has 2 aromatic carbocycles. The number of hydrogen-bond donors (Lipinski definition) is 1. The Morgan fingerprint density at radius 3 is 2.62 bits per heavy atom. The van der Waals surface area contributed by atoms with E-state index in [0.717, 1.165) is 42.6 Å². The zero-order chi connectivity index (χ0) is 23.8. The van der Waals surface area contributed by atoms with Gasteiger partial charge in [0.15, 0.2) is 5.69 Å². The minimum Gasteiger partial charge on any atom is -0.327 e. The number of carbonyl (C=O) groups excluding carboxylic acids is 1. The number of H-pyrrole nitrogens is 1. The molecule has 0 saturated carbocycles. The molecule has 34 heavy (non-hydrogen) atoms. The van der Waals surface area contributed by atoms with Gasteiger partial charge >= 0.3 is 0 Å². The quantitative estimate of drug-likeness (QED) is 0.485. The Kier molecular flexibility index (Phi) is 5.73. The highest BCUT2D eigenvalue weighted by atomic mass is 19.1. The summed E-state index contributed by atoms with van der Waals surface area (Å²) >= 11 is 0. The lowest BCUT2D eigenvalue weighted by Crippen LogP contribution is -2.38. The summed E-state index contributed by atoms with van der Waals surface area (Å²) in [6, 6.07) is 13.2. The van der Waals surface area contributed by atoms with E-state index in [-0.39, 0.29) is 29.9 Å². The summed E-state index contributed by atoms with van der Waals surface area (Å²) in [4.78, 5) is 35.4. The minimum absolute atomic E-state index is 0.139. The molecule has 0 bridgehead atoms. The summed E-state index contributed by atoms with van der Waals surface area (Å²) in [5.74, 6) is -0.0914. The van der Waals surface area contributed by atoms with Crippen LogP contribution in [0, 0.1) is 5.82 Å². The van der Waals surface area contributed by atoms with Crippen LogP contribution in [0.25, 0.3) is 16.6 Å². The third-order valence-electron chi connectivity index (χ3n) is 6.32. The van der Waals surface area contributed by atoms with Gasteiger partial charge in [-0.15, -0.1) is 0 Å². The summed E-state index contributed by atoms with van der Waals surface area (Å²) in [6.07, 6.45) is 3.59. The van der Waals surface area contributed by atoms with E-state index >= 15 is 0 Å². The van der Waals surface area contributed by atoms with E-state index in [0.29, 0.717) is 22.4 Å². The molecule has 2 heterocycles. The standard InChI is InChI=1S/C26H26FN5O2/c1-16(2)31(15-23-28-21-9-5-3-7-19(21)25(33)29-23)26(34)24-20-8-4-6-10-22(20)32(30-24)18-13-11-17(27)12-14-18/h3,5,7,9,11-14,16H,4,6,8,10,15H2,1-2H3,(H,28,29,33). The predicted molar refractivity (Wildman–Crippen MR) is 128 cm³/mol. The molecule has 0 fully saturated rings. The molecular weight excluding hydrogens is 433 g/mol. The lowest BCUT2D eigenvalue weighted by molar-refractivity contribution is 0.0677. The number of carbonyl (C=O) groups is 1. The minimum atomic E-state index is -0.316. The second-order valence-corrected chi connectivity index (χ2v) is 8.93. The van der Waals surface area contributed by atoms with Crippen LogP contribution in [0.5, 0.6) is 0 Å². The van der Waals surface area contributed by atoms with E-state index in [4.69, 9.17) is 5.10 Å². The topological polar surface area (TPSA) is 83.9 Å². The SMILES string of the molecule is CC(C)N(Cc1nc2ccccc2c(=O)[nH]1)C(=O)c1nn(-c2ccc(F)cc2)c2c1CCCC2. The molecule has 0 saturated heterocycles. The fourth-order valence-corrected chi connectivity index (χ4v) is 4.56. The number of fused-ring (bicyclic) bond motifs is 2. The summed E-state index contributed by atoms with van der Waals surface area (Å²) in [7, 11) is 0. The number of hydrogen-bond acceptors (Lipinski definition) is 4. The Morgan fingerprint density at radius 1 is 1.12 bits per heavy atom. The van der Waals surface area contributed by atoms with Crippen LogP contribution >= 0.6 is 0 Å². The Hall–Kier alpha value is -3.81. The molecular formula is C26H26FN5O2. The number of benzene rings is 2. The average Bonchev–Trinajstić information content (AvgIpc) is 3.22. The van der Waals surface area contributed by atoms with Gasteiger partial charge in [0, 0.05) is 17.3 Å². The van der Waals surface area contributed by atoms with E-state index in [9.17, 15) is 14.0 Å². The summed E-state index contributed by atoms with van der Waals surface area (Å²) < 4.78 is 15.3. The highest BCUT2D eigenvalue weighted by molar-refractivity contribution is 5.94. The van der Waals surface area contributed by atoms with Crippen LogP contribution in [0.4, 0.5) is 4.39 Å². The number of aromatic nitrogens is 4. The maximum absolute atomic E-state index is 13.8. The van der Waals surface area contributed by atoms with Gasteiger partial charge in [0.05, 0.1) is 23.1 Å². The van der Waals surface area contributed by atoms with Crippen LogP contribution in [0.15, 0.2) is 53.3 Å². The van der Waals surface area contributed by atoms with Gasteiger partial charge in [-0.25, -0.2) is 14.1 Å². The first kappa shape index (κ1) is 22.0. The van der Waals surface area contributed by atoms with Crippen molar-refractivity contribution >= 4 is 16.8 Å². The van der Waals surface area contributed by atoms with Crippen molar-refractivity contribution < 1.29 is 9.18 Å². The number of amides is 1. The Morgan fingerprint density at radius 2 is 1.85 bits per heavy atom. The monoisotopic (exact) mass is 459 g/mol. The molecule has 7 nitrogen and oxygen atoms in total. The molecule has 2 aromatic heterocycles. The predicted octanol–water partition coefficient (Wildman–Crippen LogP) is 4.18. The largest absolute Gasteiger partial charge is 0.327 e. The summed E-state index contributed by atoms with van der Waals surface area (Å²) in [6.45, 7) is 4.02. The van der Waals surface area contributed by atoms with Crippen molar-refractivity contribution in [3.05, 3.63) is 87.5 Å². The highest BCUT2D eigenvalue weighted by Crippen LogP contribution is 2.28. The first-order valence-corrected chi connectivity index (χ1v) is 11.6. The normalized spacial score (nSPS) is 13.3. The summed E-state index contributed by atoms with van der Waals surface area (Å²) in [5, 5.41) is 5.23. The van der Waals surface area contributed by atoms with Crippen LogP contribution in [-0.2, 0) is 19.4 Å². The van der Waals surface area contributed by atoms with Gasteiger partial charge in [-0.1, -0.05) is 12.1 Å². The number of aromatic amines is 1. The van der Waals surface area contributed by atoms with Crippen LogP contribution < -0.4 is 5.56 Å². The molecule has 1 aliphatic rings. The molecule has 8 heteroatoms. The van der Waals surface area contributed by atoms with Crippen molar-refractivity contribution in [3.8, 4) is 5.69 Å². The van der Waals surface area contributed by atoms with Crippen LogP contribution in [0.1, 0.15) is 54.3 Å². The van der Waals surface area contributed by atoms with Gasteiger partial charge < -0.3 is 9.88 Å². The number of nitrogens with one attached hydrogen (secondary N) is 1. The van der Waals surface area contributed by atoms with Crippen molar-refractivity contribution in [1.82, 2.24) is 24.6 Å². The number of halogens is 1. The Balaban J connectivity index is 1.53. The van der Waals surface area contributed by atoms with Gasteiger partial charge in [0.1, 0.15) is 11.6 Å². The maximum atomic E-state index is 13.8. The van der Waals surface area contributed by atoms with E-state index < -0.39 is 0 Å². The molecule has 0 unspecified atom stereocenters. The molecule has 0 spiro atoms. The van der Waals surface area contributed by atoms with Gasteiger partial charge in [-0.3, -0.25) is 9.59 Å². The van der Waals surface area contributed by atoms with Gasteiger partial charge in [0.25, 0.3) is 11.5 Å². The fourth-order valence-electron chi connectivity index (χ4n) is 4.56. The Bertz CT molecular complexity index is 1420. The molecule has 0 radical (unpaired) electrons. The summed E-state index contributed by atoms with van der Waals surface area (Å²) in [5.41, 5.74) is 3.46. The molecule has 0 aliphatic heterocycles. The molecule has 174 valence electrons. The number of para-hydroxylation sites is 1. The molecule has 1 amide bonds. The van der Waals surface area contributed by atoms with Crippen LogP contribution in [0.2, 0.25) is 0 Å². The molecule has 1 N–H and O–H groups in total. The molecule has 5 rings (SSSR count). The van der Waals surface area contributed by atoms with Gasteiger partial charge in [-0.2, -0.15) is 5.10 Å². The first-order valence-electron chi connectivity index (χ1n) is 11.6. The van der Waals surface area contributed by atoms with Crippen LogP contribution in [0.3, 0.4) is 0 Å². The van der Waals surface area contributed by atoms with E-state index in [1.54, 1.807) is 39.9 Å². The zero-order valence-electron chi connectivity index (χ0n) is 19.2.